The van der Waals surface area contributed by atoms with Gasteiger partial charge in [0, 0.05) is 22.3 Å². The van der Waals surface area contributed by atoms with Gasteiger partial charge in [0.1, 0.15) is 0 Å². The first-order valence-electron chi connectivity index (χ1n) is 6.03. The Morgan fingerprint density at radius 2 is 1.85 bits per heavy atom. The molecule has 1 amide bonds. The maximum Gasteiger partial charge on any atom is 0.390 e. The lowest BCUT2D eigenvalue weighted by Crippen LogP contribution is -2.30. The third kappa shape index (κ3) is 6.70. The van der Waals surface area contributed by atoms with Gasteiger partial charge >= 0.3 is 6.18 Å². The van der Waals surface area contributed by atoms with Crippen LogP contribution in [0.3, 0.4) is 0 Å². The quantitative estimate of drug-likeness (QED) is 0.838. The third-order valence-electron chi connectivity index (χ3n) is 2.73. The molecule has 3 nitrogen and oxygen atoms in total. The van der Waals surface area contributed by atoms with Crippen molar-refractivity contribution >= 4 is 16.7 Å². The van der Waals surface area contributed by atoms with Crippen molar-refractivity contribution in [2.75, 3.05) is 11.5 Å². The van der Waals surface area contributed by atoms with Crippen molar-refractivity contribution in [2.24, 2.45) is 11.7 Å². The zero-order valence-electron chi connectivity index (χ0n) is 10.7. The second kappa shape index (κ2) is 7.42. The highest BCUT2D eigenvalue weighted by molar-refractivity contribution is 7.85. The SMILES string of the molecule is NC(=O)C(Cc1ccccc1)CS(=O)CCC(F)(F)F. The van der Waals surface area contributed by atoms with Gasteiger partial charge in [-0.2, -0.15) is 13.2 Å². The van der Waals surface area contributed by atoms with Crippen molar-refractivity contribution in [1.29, 1.82) is 0 Å². The topological polar surface area (TPSA) is 60.2 Å². The highest BCUT2D eigenvalue weighted by atomic mass is 32.2. The molecule has 0 fully saturated rings. The minimum atomic E-state index is -4.34. The van der Waals surface area contributed by atoms with Crippen LogP contribution in [0.2, 0.25) is 0 Å². The molecule has 7 heteroatoms. The van der Waals surface area contributed by atoms with Crippen LogP contribution < -0.4 is 5.73 Å². The van der Waals surface area contributed by atoms with Crippen molar-refractivity contribution in [3.8, 4) is 0 Å². The van der Waals surface area contributed by atoms with E-state index in [1.54, 1.807) is 24.3 Å². The van der Waals surface area contributed by atoms with E-state index in [0.717, 1.165) is 5.56 Å². The Morgan fingerprint density at radius 3 is 2.35 bits per heavy atom. The van der Waals surface area contributed by atoms with Gasteiger partial charge in [0.05, 0.1) is 12.3 Å². The summed E-state index contributed by atoms with van der Waals surface area (Å²) >= 11 is 0. The van der Waals surface area contributed by atoms with Crippen LogP contribution >= 0.6 is 0 Å². The van der Waals surface area contributed by atoms with Gasteiger partial charge in [-0.3, -0.25) is 9.00 Å². The smallest absolute Gasteiger partial charge is 0.369 e. The van der Waals surface area contributed by atoms with E-state index in [-0.39, 0.29) is 12.2 Å². The Balaban J connectivity index is 2.55. The Hall–Kier alpha value is -1.37. The molecule has 0 aliphatic heterocycles. The maximum atomic E-state index is 12.0. The van der Waals surface area contributed by atoms with Crippen molar-refractivity contribution in [3.63, 3.8) is 0 Å². The number of carbonyl (C=O) groups excluding carboxylic acids is 1. The predicted octanol–water partition coefficient (Wildman–Crippen LogP) is 2.03. The number of halogens is 3. The number of hydrogen-bond acceptors (Lipinski definition) is 2. The van der Waals surface area contributed by atoms with Gasteiger partial charge in [-0.15, -0.1) is 0 Å². The van der Waals surface area contributed by atoms with Gasteiger partial charge < -0.3 is 5.73 Å². The number of amides is 1. The first-order valence-corrected chi connectivity index (χ1v) is 7.51. The van der Waals surface area contributed by atoms with Crippen LogP contribution in [0, 0.1) is 5.92 Å². The molecule has 1 aromatic carbocycles. The number of alkyl halides is 3. The zero-order chi connectivity index (χ0) is 15.2. The highest BCUT2D eigenvalue weighted by Gasteiger charge is 2.28. The van der Waals surface area contributed by atoms with Crippen molar-refractivity contribution in [3.05, 3.63) is 35.9 Å². The van der Waals surface area contributed by atoms with Gasteiger partial charge in [-0.25, -0.2) is 0 Å². The van der Waals surface area contributed by atoms with Crippen LogP contribution in [0.4, 0.5) is 13.2 Å². The van der Waals surface area contributed by atoms with E-state index in [4.69, 9.17) is 5.73 Å². The minimum Gasteiger partial charge on any atom is -0.369 e. The molecule has 0 heterocycles. The molecule has 1 aromatic rings. The van der Waals surface area contributed by atoms with Gasteiger partial charge in [0.2, 0.25) is 5.91 Å². The number of primary amides is 1. The Kier molecular flexibility index (Phi) is 6.19. The number of benzene rings is 1. The maximum absolute atomic E-state index is 12.0. The van der Waals surface area contributed by atoms with E-state index >= 15 is 0 Å². The summed E-state index contributed by atoms with van der Waals surface area (Å²) in [4.78, 5) is 11.3. The summed E-state index contributed by atoms with van der Waals surface area (Å²) in [5.41, 5.74) is 6.06. The van der Waals surface area contributed by atoms with E-state index < -0.39 is 41.0 Å². The summed E-state index contributed by atoms with van der Waals surface area (Å²) in [6, 6.07) is 8.95. The number of hydrogen-bond donors (Lipinski definition) is 1. The largest absolute Gasteiger partial charge is 0.390 e. The van der Waals surface area contributed by atoms with Crippen LogP contribution in [0.1, 0.15) is 12.0 Å². The van der Waals surface area contributed by atoms with Crippen LogP contribution in [0.25, 0.3) is 0 Å². The minimum absolute atomic E-state index is 0.139. The Labute approximate surface area is 117 Å². The number of nitrogens with two attached hydrogens (primary N) is 1. The fourth-order valence-corrected chi connectivity index (χ4v) is 3.03. The predicted molar refractivity (Wildman–Crippen MR) is 71.4 cm³/mol. The highest BCUT2D eigenvalue weighted by Crippen LogP contribution is 2.20. The summed E-state index contributed by atoms with van der Waals surface area (Å²) in [6.45, 7) is 0. The van der Waals surface area contributed by atoms with Gasteiger partial charge in [-0.1, -0.05) is 30.3 Å². The average molecular weight is 307 g/mol. The summed E-state index contributed by atoms with van der Waals surface area (Å²) in [7, 11) is -1.71. The third-order valence-corrected chi connectivity index (χ3v) is 4.16. The van der Waals surface area contributed by atoms with E-state index in [1.807, 2.05) is 6.07 Å². The lowest BCUT2D eigenvalue weighted by Gasteiger charge is -2.13. The lowest BCUT2D eigenvalue weighted by atomic mass is 10.0. The molecule has 0 aliphatic rings. The fourth-order valence-electron chi connectivity index (χ4n) is 1.68. The van der Waals surface area contributed by atoms with E-state index in [2.05, 4.69) is 0 Å². The number of carbonyl (C=O) groups is 1. The van der Waals surface area contributed by atoms with Gasteiger partial charge in [0.15, 0.2) is 0 Å². The normalized spacial score (nSPS) is 14.8. The van der Waals surface area contributed by atoms with Crippen LogP contribution in [0.15, 0.2) is 30.3 Å². The molecule has 0 bridgehead atoms. The summed E-state index contributed by atoms with van der Waals surface area (Å²) in [5, 5.41) is 0. The molecule has 0 radical (unpaired) electrons. The molecule has 20 heavy (non-hydrogen) atoms. The summed E-state index contributed by atoms with van der Waals surface area (Å²) < 4.78 is 47.7. The molecule has 0 spiro atoms. The molecule has 0 aromatic heterocycles. The summed E-state index contributed by atoms with van der Waals surface area (Å²) in [6.07, 6.45) is -5.17. The van der Waals surface area contributed by atoms with Gasteiger partial charge in [-0.05, 0) is 12.0 Å². The van der Waals surface area contributed by atoms with E-state index in [0.29, 0.717) is 0 Å². The van der Waals surface area contributed by atoms with Gasteiger partial charge in [0.25, 0.3) is 0 Å². The van der Waals surface area contributed by atoms with Crippen molar-refractivity contribution in [2.45, 2.75) is 19.0 Å². The first-order chi connectivity index (χ1) is 9.28. The molecular weight excluding hydrogens is 291 g/mol. The molecule has 2 N–H and O–H groups in total. The van der Waals surface area contributed by atoms with Crippen LogP contribution in [-0.4, -0.2) is 27.8 Å². The number of rotatable bonds is 7. The van der Waals surface area contributed by atoms with Crippen molar-refractivity contribution in [1.82, 2.24) is 0 Å². The van der Waals surface area contributed by atoms with E-state index in [9.17, 15) is 22.2 Å². The Bertz CT molecular complexity index is 462. The van der Waals surface area contributed by atoms with Crippen LogP contribution in [0.5, 0.6) is 0 Å². The zero-order valence-corrected chi connectivity index (χ0v) is 11.5. The summed E-state index contributed by atoms with van der Waals surface area (Å²) in [5.74, 6) is -2.00. The second-order valence-electron chi connectivity index (χ2n) is 4.46. The van der Waals surface area contributed by atoms with E-state index in [1.165, 1.54) is 0 Å². The molecule has 1 rings (SSSR count). The molecule has 112 valence electrons. The molecular formula is C13H16F3NO2S. The molecule has 2 atom stereocenters. The first kappa shape index (κ1) is 16.7. The molecule has 0 aliphatic carbocycles. The lowest BCUT2D eigenvalue weighted by molar-refractivity contribution is -0.129. The van der Waals surface area contributed by atoms with Crippen LogP contribution in [-0.2, 0) is 22.0 Å². The monoisotopic (exact) mass is 307 g/mol. The Morgan fingerprint density at radius 1 is 1.25 bits per heavy atom. The fraction of sp³-hybridized carbons (Fsp3) is 0.462. The molecule has 0 saturated heterocycles. The second-order valence-corrected chi connectivity index (χ2v) is 6.09. The van der Waals surface area contributed by atoms with Crippen molar-refractivity contribution < 1.29 is 22.2 Å². The standard InChI is InChI=1S/C13H16F3NO2S/c14-13(15,16)6-7-20(19)9-11(12(17)18)8-10-4-2-1-3-5-10/h1-5,11H,6-9H2,(H2,17,18). The average Bonchev–Trinajstić information content (AvgIpc) is 2.36. The molecule has 2 unspecified atom stereocenters. The molecule has 0 saturated carbocycles.